The fourth-order valence-corrected chi connectivity index (χ4v) is 10.4. The van der Waals surface area contributed by atoms with Gasteiger partial charge in [-0.2, -0.15) is 0 Å². The molecular formula is C68H130O6. The summed E-state index contributed by atoms with van der Waals surface area (Å²) in [5, 5.41) is 0. The number of unbranched alkanes of at least 4 members (excludes halogenated alkanes) is 50. The van der Waals surface area contributed by atoms with Crippen molar-refractivity contribution in [3.63, 3.8) is 0 Å². The van der Waals surface area contributed by atoms with Gasteiger partial charge in [-0.1, -0.05) is 335 Å². The first-order valence-electron chi connectivity index (χ1n) is 33.7. The van der Waals surface area contributed by atoms with Crippen LogP contribution in [0.3, 0.4) is 0 Å². The molecule has 1 unspecified atom stereocenters. The van der Waals surface area contributed by atoms with Gasteiger partial charge in [0.25, 0.3) is 0 Å². The summed E-state index contributed by atoms with van der Waals surface area (Å²) in [7, 11) is 0. The van der Waals surface area contributed by atoms with Crippen molar-refractivity contribution in [2.24, 2.45) is 0 Å². The minimum Gasteiger partial charge on any atom is -0.462 e. The molecule has 0 N–H and O–H groups in total. The van der Waals surface area contributed by atoms with Gasteiger partial charge < -0.3 is 14.2 Å². The Morgan fingerprint density at radius 2 is 0.446 bits per heavy atom. The normalized spacial score (nSPS) is 12.0. The smallest absolute Gasteiger partial charge is 0.306 e. The maximum Gasteiger partial charge on any atom is 0.306 e. The quantitative estimate of drug-likeness (QED) is 0.0261. The molecule has 1 atom stereocenters. The molecule has 0 aliphatic carbocycles. The standard InChI is InChI=1S/C68H130O6/c1-4-7-10-13-16-19-22-25-28-31-34-35-38-40-43-46-49-52-55-58-61-67(70)73-64-65(74-68(71)62-59-56-53-50-47-44-41-37-33-30-27-24-21-18-15-12-9-6-3)63-72-66(69)60-57-54-51-48-45-42-39-36-32-29-26-23-20-17-14-11-8-5-2/h30,33,65H,4-29,31-32,34-64H2,1-3H3/b33-30-. The van der Waals surface area contributed by atoms with Crippen molar-refractivity contribution in [2.45, 2.75) is 393 Å². The summed E-state index contributed by atoms with van der Waals surface area (Å²) in [5.41, 5.74) is 0. The number of carbonyl (C=O) groups excluding carboxylic acids is 3. The molecule has 0 radical (unpaired) electrons. The number of rotatable bonds is 63. The zero-order chi connectivity index (χ0) is 53.6. The summed E-state index contributed by atoms with van der Waals surface area (Å²) in [6.45, 7) is 6.72. The van der Waals surface area contributed by atoms with Crippen LogP contribution in [0.5, 0.6) is 0 Å². The van der Waals surface area contributed by atoms with E-state index in [0.29, 0.717) is 19.3 Å². The van der Waals surface area contributed by atoms with E-state index in [1.807, 2.05) is 0 Å². The second-order valence-electron chi connectivity index (χ2n) is 23.1. The highest BCUT2D eigenvalue weighted by Crippen LogP contribution is 2.18. The lowest BCUT2D eigenvalue weighted by Gasteiger charge is -2.18. The Hall–Kier alpha value is -1.85. The van der Waals surface area contributed by atoms with Crippen LogP contribution >= 0.6 is 0 Å². The number of carbonyl (C=O) groups is 3. The molecule has 0 aliphatic heterocycles. The van der Waals surface area contributed by atoms with Gasteiger partial charge in [-0.25, -0.2) is 0 Å². The lowest BCUT2D eigenvalue weighted by atomic mass is 10.0. The zero-order valence-electron chi connectivity index (χ0n) is 50.4. The van der Waals surface area contributed by atoms with Gasteiger partial charge in [0.1, 0.15) is 13.2 Å². The summed E-state index contributed by atoms with van der Waals surface area (Å²) in [6.07, 6.45) is 75.1. The molecule has 0 amide bonds. The average Bonchev–Trinajstić information content (AvgIpc) is 3.40. The molecule has 0 fully saturated rings. The van der Waals surface area contributed by atoms with Gasteiger partial charge in [0, 0.05) is 19.3 Å². The van der Waals surface area contributed by atoms with Gasteiger partial charge in [-0.05, 0) is 44.9 Å². The van der Waals surface area contributed by atoms with Gasteiger partial charge in [0.2, 0.25) is 0 Å². The average molecular weight is 1040 g/mol. The minimum atomic E-state index is -0.768. The summed E-state index contributed by atoms with van der Waals surface area (Å²) in [5.74, 6) is -0.834. The van der Waals surface area contributed by atoms with Gasteiger partial charge in [0.05, 0.1) is 0 Å². The molecule has 0 aromatic rings. The highest BCUT2D eigenvalue weighted by molar-refractivity contribution is 5.71. The van der Waals surface area contributed by atoms with Crippen LogP contribution in [-0.4, -0.2) is 37.2 Å². The Kier molecular flexibility index (Phi) is 62.1. The second-order valence-corrected chi connectivity index (χ2v) is 23.1. The largest absolute Gasteiger partial charge is 0.462 e. The topological polar surface area (TPSA) is 78.9 Å². The molecule has 0 saturated heterocycles. The molecule has 0 spiro atoms. The van der Waals surface area contributed by atoms with E-state index >= 15 is 0 Å². The molecular weight excluding hydrogens is 913 g/mol. The predicted octanol–water partition coefficient (Wildman–Crippen LogP) is 22.8. The monoisotopic (exact) mass is 1040 g/mol. The van der Waals surface area contributed by atoms with E-state index in [1.165, 1.54) is 289 Å². The van der Waals surface area contributed by atoms with E-state index < -0.39 is 6.10 Å². The lowest BCUT2D eigenvalue weighted by Crippen LogP contribution is -2.30. The van der Waals surface area contributed by atoms with Gasteiger partial charge in [-0.3, -0.25) is 14.4 Å². The molecule has 0 aliphatic rings. The van der Waals surface area contributed by atoms with E-state index in [9.17, 15) is 14.4 Å². The van der Waals surface area contributed by atoms with E-state index in [-0.39, 0.29) is 31.1 Å². The van der Waals surface area contributed by atoms with Crippen LogP contribution in [0.2, 0.25) is 0 Å². The Labute approximate surface area is 462 Å². The summed E-state index contributed by atoms with van der Waals surface area (Å²) in [6, 6.07) is 0. The highest BCUT2D eigenvalue weighted by atomic mass is 16.6. The molecule has 0 bridgehead atoms. The van der Waals surface area contributed by atoms with Gasteiger partial charge >= 0.3 is 17.9 Å². The van der Waals surface area contributed by atoms with Crippen molar-refractivity contribution < 1.29 is 28.6 Å². The third-order valence-corrected chi connectivity index (χ3v) is 15.5. The number of ether oxygens (including phenoxy) is 3. The minimum absolute atomic E-state index is 0.0649. The van der Waals surface area contributed by atoms with Crippen molar-refractivity contribution in [1.29, 1.82) is 0 Å². The molecule has 0 aromatic heterocycles. The van der Waals surface area contributed by atoms with E-state index in [2.05, 4.69) is 32.9 Å². The Morgan fingerprint density at radius 3 is 0.676 bits per heavy atom. The lowest BCUT2D eigenvalue weighted by molar-refractivity contribution is -0.167. The number of allylic oxidation sites excluding steroid dienone is 2. The number of esters is 3. The first kappa shape index (κ1) is 72.2. The molecule has 6 heteroatoms. The third kappa shape index (κ3) is 61.0. The summed E-state index contributed by atoms with van der Waals surface area (Å²) < 4.78 is 17.0. The maximum absolute atomic E-state index is 12.9. The van der Waals surface area contributed by atoms with Crippen molar-refractivity contribution in [2.75, 3.05) is 13.2 Å². The highest BCUT2D eigenvalue weighted by Gasteiger charge is 2.19. The summed E-state index contributed by atoms with van der Waals surface area (Å²) in [4.78, 5) is 38.4. The van der Waals surface area contributed by atoms with Crippen LogP contribution in [0.15, 0.2) is 12.2 Å². The number of hydrogen-bond acceptors (Lipinski definition) is 6. The molecule has 0 saturated carbocycles. The Morgan fingerprint density at radius 1 is 0.257 bits per heavy atom. The van der Waals surface area contributed by atoms with Crippen molar-refractivity contribution in [3.8, 4) is 0 Å². The van der Waals surface area contributed by atoms with Crippen molar-refractivity contribution in [1.82, 2.24) is 0 Å². The molecule has 74 heavy (non-hydrogen) atoms. The SMILES string of the molecule is CCCCCCCCC/C=C\CCCCCCCCCC(=O)OC(COC(=O)CCCCCCCCCCCCCCCCCCCC)COC(=O)CCCCCCCCCCCCCCCCCCCCCC. The molecule has 6 nitrogen and oxygen atoms in total. The van der Waals surface area contributed by atoms with Crippen molar-refractivity contribution >= 4 is 17.9 Å². The fraction of sp³-hybridized carbons (Fsp3) is 0.926. The zero-order valence-corrected chi connectivity index (χ0v) is 50.4. The van der Waals surface area contributed by atoms with Crippen LogP contribution in [0.25, 0.3) is 0 Å². The molecule has 0 aromatic carbocycles. The van der Waals surface area contributed by atoms with E-state index in [1.54, 1.807) is 0 Å². The first-order chi connectivity index (χ1) is 36.5. The van der Waals surface area contributed by atoms with Crippen molar-refractivity contribution in [3.05, 3.63) is 12.2 Å². The molecule has 438 valence electrons. The molecule has 0 rings (SSSR count). The Balaban J connectivity index is 4.29. The van der Waals surface area contributed by atoms with Gasteiger partial charge in [-0.15, -0.1) is 0 Å². The third-order valence-electron chi connectivity index (χ3n) is 15.5. The van der Waals surface area contributed by atoms with Crippen LogP contribution in [0, 0.1) is 0 Å². The maximum atomic E-state index is 12.9. The van der Waals surface area contributed by atoms with Crippen LogP contribution < -0.4 is 0 Å². The van der Waals surface area contributed by atoms with E-state index in [4.69, 9.17) is 14.2 Å². The number of hydrogen-bond donors (Lipinski definition) is 0. The van der Waals surface area contributed by atoms with E-state index in [0.717, 1.165) is 57.8 Å². The Bertz CT molecular complexity index is 1150. The van der Waals surface area contributed by atoms with Crippen LogP contribution in [0.4, 0.5) is 0 Å². The predicted molar refractivity (Wildman–Crippen MR) is 321 cm³/mol. The van der Waals surface area contributed by atoms with Gasteiger partial charge in [0.15, 0.2) is 6.10 Å². The molecule has 0 heterocycles. The summed E-state index contributed by atoms with van der Waals surface area (Å²) >= 11 is 0. The fourth-order valence-electron chi connectivity index (χ4n) is 10.4. The second kappa shape index (κ2) is 63.7. The van der Waals surface area contributed by atoms with Crippen LogP contribution in [0.1, 0.15) is 387 Å². The van der Waals surface area contributed by atoms with Crippen LogP contribution in [-0.2, 0) is 28.6 Å². The first-order valence-corrected chi connectivity index (χ1v) is 33.7.